The van der Waals surface area contributed by atoms with Gasteiger partial charge in [0.1, 0.15) is 23.5 Å². The number of carbonyl (C=O) groups excluding carboxylic acids is 2. The van der Waals surface area contributed by atoms with Crippen molar-refractivity contribution in [1.29, 1.82) is 0 Å². The number of ether oxygens (including phenoxy) is 2. The number of hydrogen-bond acceptors (Lipinski definition) is 6. The van der Waals surface area contributed by atoms with E-state index in [0.29, 0.717) is 16.5 Å². The minimum atomic E-state index is -0.696. The predicted molar refractivity (Wildman–Crippen MR) is 89.4 cm³/mol. The van der Waals surface area contributed by atoms with Crippen LogP contribution in [0, 0.1) is 0 Å². The molecule has 0 aliphatic rings. The summed E-state index contributed by atoms with van der Waals surface area (Å²) >= 11 is 0. The third-order valence-corrected chi connectivity index (χ3v) is 3.63. The molecule has 0 radical (unpaired) electrons. The first-order valence-corrected chi connectivity index (χ1v) is 7.74. The first-order chi connectivity index (χ1) is 12.1. The smallest absolute Gasteiger partial charge is 0.374 e. The number of furan rings is 1. The van der Waals surface area contributed by atoms with Crippen LogP contribution in [0.1, 0.15) is 33.4 Å². The van der Waals surface area contributed by atoms with Crippen LogP contribution in [0.5, 0.6) is 5.75 Å². The highest BCUT2D eigenvalue weighted by Gasteiger charge is 2.23. The van der Waals surface area contributed by atoms with Crippen molar-refractivity contribution in [2.24, 2.45) is 0 Å². The number of rotatable bonds is 5. The lowest BCUT2D eigenvalue weighted by atomic mass is 10.1. The number of esters is 2. The van der Waals surface area contributed by atoms with Gasteiger partial charge in [-0.2, -0.15) is 0 Å². The molecule has 0 fully saturated rings. The monoisotopic (exact) mass is 340 g/mol. The zero-order valence-corrected chi connectivity index (χ0v) is 13.5. The summed E-state index contributed by atoms with van der Waals surface area (Å²) in [5.41, 5.74) is 0.977. The van der Waals surface area contributed by atoms with Gasteiger partial charge in [-0.25, -0.2) is 9.59 Å². The molecular formula is C19H16O6. The lowest BCUT2D eigenvalue weighted by Crippen LogP contribution is -2.10. The molecule has 0 amide bonds. The summed E-state index contributed by atoms with van der Waals surface area (Å²) in [6.07, 6.45) is 0. The minimum Gasteiger partial charge on any atom is -0.507 e. The van der Waals surface area contributed by atoms with Crippen LogP contribution in [0.15, 0.2) is 52.9 Å². The normalized spacial score (nSPS) is 10.6. The Bertz CT molecular complexity index is 925. The Hall–Kier alpha value is -3.28. The Kier molecular flexibility index (Phi) is 4.70. The van der Waals surface area contributed by atoms with Crippen molar-refractivity contribution in [2.45, 2.75) is 13.5 Å². The number of phenolic OH excluding ortho intramolecular Hbond substituents is 1. The summed E-state index contributed by atoms with van der Waals surface area (Å²) in [6, 6.07) is 13.1. The largest absolute Gasteiger partial charge is 0.507 e. The van der Waals surface area contributed by atoms with Gasteiger partial charge < -0.3 is 19.0 Å². The van der Waals surface area contributed by atoms with Crippen LogP contribution in [0.2, 0.25) is 0 Å². The molecule has 6 heteroatoms. The number of hydrogen-bond donors (Lipinski definition) is 1. The molecule has 0 aliphatic heterocycles. The van der Waals surface area contributed by atoms with Crippen LogP contribution in [0.4, 0.5) is 0 Å². The molecule has 0 atom stereocenters. The van der Waals surface area contributed by atoms with Crippen molar-refractivity contribution >= 4 is 22.9 Å². The minimum absolute atomic E-state index is 0.00753. The molecule has 1 N–H and O–H groups in total. The quantitative estimate of drug-likeness (QED) is 0.713. The fourth-order valence-electron chi connectivity index (χ4n) is 2.47. The van der Waals surface area contributed by atoms with E-state index in [1.54, 1.807) is 43.3 Å². The van der Waals surface area contributed by atoms with E-state index in [1.165, 1.54) is 12.1 Å². The van der Waals surface area contributed by atoms with Gasteiger partial charge in [-0.05, 0) is 25.1 Å². The predicted octanol–water partition coefficient (Wildman–Crippen LogP) is 3.67. The molecule has 128 valence electrons. The zero-order chi connectivity index (χ0) is 17.8. The van der Waals surface area contributed by atoms with E-state index in [1.807, 2.05) is 0 Å². The molecule has 0 bridgehead atoms. The number of phenols is 1. The Morgan fingerprint density at radius 1 is 1.00 bits per heavy atom. The molecule has 3 rings (SSSR count). The van der Waals surface area contributed by atoms with E-state index >= 15 is 0 Å². The zero-order valence-electron chi connectivity index (χ0n) is 13.5. The number of carbonyl (C=O) groups is 2. The second-order valence-electron chi connectivity index (χ2n) is 5.22. The van der Waals surface area contributed by atoms with Crippen molar-refractivity contribution in [2.75, 3.05) is 6.61 Å². The molecule has 0 saturated heterocycles. The number of fused-ring (bicyclic) bond motifs is 1. The summed E-state index contributed by atoms with van der Waals surface area (Å²) in [4.78, 5) is 24.3. The average molecular weight is 340 g/mol. The highest BCUT2D eigenvalue weighted by Crippen LogP contribution is 2.28. The second kappa shape index (κ2) is 7.09. The van der Waals surface area contributed by atoms with E-state index in [0.717, 1.165) is 0 Å². The average Bonchev–Trinajstić information content (AvgIpc) is 2.99. The molecule has 2 aromatic carbocycles. The maximum atomic E-state index is 12.2. The fourth-order valence-corrected chi connectivity index (χ4v) is 2.47. The van der Waals surface area contributed by atoms with E-state index in [9.17, 15) is 14.7 Å². The lowest BCUT2D eigenvalue weighted by molar-refractivity contribution is 0.0433. The standard InChI is InChI=1S/C19H16O6/c1-2-23-19(22)17-14(12-7-4-6-10-16(12)25-17)11-24-18(21)13-8-3-5-9-15(13)20/h3-10,20H,2,11H2,1H3. The van der Waals surface area contributed by atoms with Crippen molar-refractivity contribution in [3.05, 3.63) is 65.4 Å². The van der Waals surface area contributed by atoms with Gasteiger partial charge in [-0.15, -0.1) is 0 Å². The first kappa shape index (κ1) is 16.6. The first-order valence-electron chi connectivity index (χ1n) is 7.74. The third kappa shape index (κ3) is 3.33. The highest BCUT2D eigenvalue weighted by molar-refractivity contribution is 5.96. The van der Waals surface area contributed by atoms with Crippen molar-refractivity contribution < 1.29 is 28.6 Å². The van der Waals surface area contributed by atoms with Gasteiger partial charge in [0.15, 0.2) is 0 Å². The molecule has 0 saturated carbocycles. The second-order valence-corrected chi connectivity index (χ2v) is 5.22. The van der Waals surface area contributed by atoms with Gasteiger partial charge in [0.05, 0.1) is 12.2 Å². The topological polar surface area (TPSA) is 86.0 Å². The maximum Gasteiger partial charge on any atom is 0.374 e. The van der Waals surface area contributed by atoms with Gasteiger partial charge in [-0.3, -0.25) is 0 Å². The van der Waals surface area contributed by atoms with E-state index < -0.39 is 11.9 Å². The van der Waals surface area contributed by atoms with Crippen LogP contribution in [0.25, 0.3) is 11.0 Å². The molecular weight excluding hydrogens is 324 g/mol. The maximum absolute atomic E-state index is 12.2. The molecule has 0 spiro atoms. The van der Waals surface area contributed by atoms with Gasteiger partial charge >= 0.3 is 11.9 Å². The molecule has 25 heavy (non-hydrogen) atoms. The van der Waals surface area contributed by atoms with Crippen LogP contribution in [-0.4, -0.2) is 23.7 Å². The van der Waals surface area contributed by atoms with E-state index in [4.69, 9.17) is 13.9 Å². The summed E-state index contributed by atoms with van der Waals surface area (Å²) < 4.78 is 15.8. The number of para-hydroxylation sites is 2. The molecule has 3 aromatic rings. The Morgan fingerprint density at radius 3 is 2.48 bits per heavy atom. The Labute approximate surface area is 143 Å². The summed E-state index contributed by atoms with van der Waals surface area (Å²) in [5, 5.41) is 10.4. The summed E-state index contributed by atoms with van der Waals surface area (Å²) in [6.45, 7) is 1.71. The van der Waals surface area contributed by atoms with Crippen LogP contribution >= 0.6 is 0 Å². The summed E-state index contributed by atoms with van der Waals surface area (Å²) in [7, 11) is 0. The van der Waals surface area contributed by atoms with Crippen molar-refractivity contribution in [1.82, 2.24) is 0 Å². The molecule has 0 unspecified atom stereocenters. The molecule has 6 nitrogen and oxygen atoms in total. The Balaban J connectivity index is 1.90. The van der Waals surface area contributed by atoms with Crippen LogP contribution in [0.3, 0.4) is 0 Å². The number of aromatic hydroxyl groups is 1. The van der Waals surface area contributed by atoms with Crippen molar-refractivity contribution in [3.8, 4) is 5.75 Å². The van der Waals surface area contributed by atoms with Crippen LogP contribution < -0.4 is 0 Å². The van der Waals surface area contributed by atoms with Gasteiger partial charge in [0.25, 0.3) is 0 Å². The van der Waals surface area contributed by atoms with E-state index in [-0.39, 0.29) is 30.3 Å². The molecule has 0 aliphatic carbocycles. The fraction of sp³-hybridized carbons (Fsp3) is 0.158. The van der Waals surface area contributed by atoms with Crippen molar-refractivity contribution in [3.63, 3.8) is 0 Å². The van der Waals surface area contributed by atoms with Gasteiger partial charge in [0, 0.05) is 5.39 Å². The highest BCUT2D eigenvalue weighted by atomic mass is 16.5. The Morgan fingerprint density at radius 2 is 1.72 bits per heavy atom. The van der Waals surface area contributed by atoms with E-state index in [2.05, 4.69) is 0 Å². The van der Waals surface area contributed by atoms with Gasteiger partial charge in [0.2, 0.25) is 5.76 Å². The van der Waals surface area contributed by atoms with Crippen LogP contribution in [-0.2, 0) is 16.1 Å². The third-order valence-electron chi connectivity index (χ3n) is 3.63. The van der Waals surface area contributed by atoms with Gasteiger partial charge in [-0.1, -0.05) is 30.3 Å². The number of benzene rings is 2. The molecule has 1 heterocycles. The lowest BCUT2D eigenvalue weighted by Gasteiger charge is -2.07. The summed E-state index contributed by atoms with van der Waals surface area (Å²) in [5.74, 6) is -1.48. The SMILES string of the molecule is CCOC(=O)c1oc2ccccc2c1COC(=O)c1ccccc1O. The molecule has 1 aromatic heterocycles.